The zero-order chi connectivity index (χ0) is 15.1. The summed E-state index contributed by atoms with van der Waals surface area (Å²) in [5, 5.41) is 0. The highest BCUT2D eigenvalue weighted by atomic mass is 16.5. The van der Waals surface area contributed by atoms with Gasteiger partial charge in [0.2, 0.25) is 0 Å². The van der Waals surface area contributed by atoms with Crippen molar-refractivity contribution in [1.29, 1.82) is 0 Å². The number of benzene rings is 2. The molecule has 0 atom stereocenters. The normalized spacial score (nSPS) is 12.0. The minimum absolute atomic E-state index is 0.416. The SMILES string of the molecule is C=N/C=N\C(N)=C(/C)c1ccc(Oc2ccccc2)cc1. The van der Waals surface area contributed by atoms with E-state index in [0.717, 1.165) is 22.6 Å². The van der Waals surface area contributed by atoms with Gasteiger partial charge in [0.1, 0.15) is 23.7 Å². The standard InChI is InChI=1S/C17H17N3O/c1-13(17(18)20-12-19-2)14-8-10-16(11-9-14)21-15-6-4-3-5-7-15/h3-12H,2,18H2,1H3/b17-13+,20-12-. The molecule has 0 fully saturated rings. The van der Waals surface area contributed by atoms with Gasteiger partial charge in [0.15, 0.2) is 0 Å². The molecule has 106 valence electrons. The Bertz CT molecular complexity index is 658. The number of rotatable bonds is 5. The quantitative estimate of drug-likeness (QED) is 0.667. The highest BCUT2D eigenvalue weighted by Crippen LogP contribution is 2.24. The van der Waals surface area contributed by atoms with Crippen LogP contribution in [0, 0.1) is 0 Å². The second-order valence-corrected chi connectivity index (χ2v) is 4.38. The van der Waals surface area contributed by atoms with Crippen LogP contribution in [0.15, 0.2) is 70.4 Å². The van der Waals surface area contributed by atoms with Gasteiger partial charge < -0.3 is 10.5 Å². The lowest BCUT2D eigenvalue weighted by atomic mass is 10.1. The Morgan fingerprint density at radius 2 is 1.67 bits per heavy atom. The van der Waals surface area contributed by atoms with Gasteiger partial charge in [-0.25, -0.2) is 4.99 Å². The van der Waals surface area contributed by atoms with Gasteiger partial charge in [-0.2, -0.15) is 0 Å². The van der Waals surface area contributed by atoms with Crippen molar-refractivity contribution in [2.75, 3.05) is 0 Å². The first-order valence-corrected chi connectivity index (χ1v) is 6.49. The van der Waals surface area contributed by atoms with E-state index in [1.807, 2.05) is 61.5 Å². The highest BCUT2D eigenvalue weighted by Gasteiger charge is 2.02. The third-order valence-corrected chi connectivity index (χ3v) is 2.93. The van der Waals surface area contributed by atoms with Gasteiger partial charge in [-0.3, -0.25) is 4.99 Å². The van der Waals surface area contributed by atoms with E-state index in [2.05, 4.69) is 16.7 Å². The molecule has 0 saturated heterocycles. The van der Waals surface area contributed by atoms with E-state index in [0.29, 0.717) is 5.82 Å². The Morgan fingerprint density at radius 3 is 2.29 bits per heavy atom. The Labute approximate surface area is 124 Å². The summed E-state index contributed by atoms with van der Waals surface area (Å²) in [5.41, 5.74) is 7.72. The lowest BCUT2D eigenvalue weighted by Crippen LogP contribution is -1.97. The maximum Gasteiger partial charge on any atom is 0.128 e. The molecule has 0 saturated carbocycles. The van der Waals surface area contributed by atoms with E-state index in [1.54, 1.807) is 0 Å². The van der Waals surface area contributed by atoms with Gasteiger partial charge >= 0.3 is 0 Å². The van der Waals surface area contributed by atoms with Crippen LogP contribution in [-0.4, -0.2) is 13.1 Å². The molecule has 0 aliphatic carbocycles. The van der Waals surface area contributed by atoms with E-state index in [9.17, 15) is 0 Å². The van der Waals surface area contributed by atoms with Crippen LogP contribution >= 0.6 is 0 Å². The van der Waals surface area contributed by atoms with E-state index in [4.69, 9.17) is 10.5 Å². The van der Waals surface area contributed by atoms with Crippen molar-refractivity contribution in [2.24, 2.45) is 15.7 Å². The first-order chi connectivity index (χ1) is 10.2. The zero-order valence-corrected chi connectivity index (χ0v) is 11.9. The summed E-state index contributed by atoms with van der Waals surface area (Å²) >= 11 is 0. The molecule has 0 unspecified atom stereocenters. The summed E-state index contributed by atoms with van der Waals surface area (Å²) in [4.78, 5) is 7.52. The number of hydrogen-bond donors (Lipinski definition) is 1. The molecule has 4 heteroatoms. The summed E-state index contributed by atoms with van der Waals surface area (Å²) in [6.07, 6.45) is 1.33. The molecule has 0 aliphatic rings. The maximum absolute atomic E-state index is 5.86. The molecule has 0 heterocycles. The van der Waals surface area contributed by atoms with Crippen LogP contribution in [-0.2, 0) is 0 Å². The topological polar surface area (TPSA) is 60.0 Å². The zero-order valence-electron chi connectivity index (χ0n) is 11.9. The molecule has 2 rings (SSSR count). The van der Waals surface area contributed by atoms with E-state index >= 15 is 0 Å². The molecule has 2 aromatic rings. The van der Waals surface area contributed by atoms with Crippen LogP contribution in [0.2, 0.25) is 0 Å². The summed E-state index contributed by atoms with van der Waals surface area (Å²) in [5.74, 6) is 1.99. The summed E-state index contributed by atoms with van der Waals surface area (Å²) in [6, 6.07) is 17.3. The first kappa shape index (κ1) is 14.5. The lowest BCUT2D eigenvalue weighted by molar-refractivity contribution is 0.482. The molecule has 0 amide bonds. The van der Waals surface area contributed by atoms with Crippen LogP contribution in [0.25, 0.3) is 5.57 Å². The predicted molar refractivity (Wildman–Crippen MR) is 87.8 cm³/mol. The van der Waals surface area contributed by atoms with Gasteiger partial charge in [0, 0.05) is 0 Å². The predicted octanol–water partition coefficient (Wildman–Crippen LogP) is 3.86. The van der Waals surface area contributed by atoms with Gasteiger partial charge in [-0.1, -0.05) is 30.3 Å². The van der Waals surface area contributed by atoms with Crippen molar-refractivity contribution < 1.29 is 4.74 Å². The average molecular weight is 279 g/mol. The summed E-state index contributed by atoms with van der Waals surface area (Å²) in [7, 11) is 0. The minimum Gasteiger partial charge on any atom is -0.457 e. The number of nitrogens with two attached hydrogens (primary N) is 1. The number of hydrogen-bond acceptors (Lipinski definition) is 3. The van der Waals surface area contributed by atoms with Crippen LogP contribution in [0.3, 0.4) is 0 Å². The number of para-hydroxylation sites is 1. The van der Waals surface area contributed by atoms with Crippen molar-refractivity contribution in [3.05, 3.63) is 66.0 Å². The Balaban J connectivity index is 2.15. The Hall–Kier alpha value is -2.88. The number of nitrogens with zero attached hydrogens (tertiary/aromatic N) is 2. The second kappa shape index (κ2) is 7.05. The largest absolute Gasteiger partial charge is 0.457 e. The average Bonchev–Trinajstić information content (AvgIpc) is 2.53. The molecule has 0 aromatic heterocycles. The molecule has 0 bridgehead atoms. The molecule has 2 aromatic carbocycles. The molecule has 0 radical (unpaired) electrons. The van der Waals surface area contributed by atoms with E-state index in [1.165, 1.54) is 6.34 Å². The summed E-state index contributed by atoms with van der Waals surface area (Å²) < 4.78 is 5.74. The molecule has 0 aliphatic heterocycles. The molecule has 0 spiro atoms. The van der Waals surface area contributed by atoms with Crippen molar-refractivity contribution >= 4 is 18.6 Å². The van der Waals surface area contributed by atoms with Crippen LogP contribution in [0.5, 0.6) is 11.5 Å². The monoisotopic (exact) mass is 279 g/mol. The van der Waals surface area contributed by atoms with Crippen molar-refractivity contribution in [1.82, 2.24) is 0 Å². The smallest absolute Gasteiger partial charge is 0.128 e. The number of aliphatic imine (C=N–C) groups is 2. The summed E-state index contributed by atoms with van der Waals surface area (Å²) in [6.45, 7) is 5.23. The molecule has 4 nitrogen and oxygen atoms in total. The van der Waals surface area contributed by atoms with E-state index < -0.39 is 0 Å². The number of ether oxygens (including phenoxy) is 1. The second-order valence-electron chi connectivity index (χ2n) is 4.38. The molecular weight excluding hydrogens is 262 g/mol. The van der Waals surface area contributed by atoms with Gasteiger partial charge in [-0.15, -0.1) is 0 Å². The van der Waals surface area contributed by atoms with Crippen molar-refractivity contribution in [3.63, 3.8) is 0 Å². The van der Waals surface area contributed by atoms with Gasteiger partial charge in [0.05, 0.1) is 0 Å². The molecule has 21 heavy (non-hydrogen) atoms. The first-order valence-electron chi connectivity index (χ1n) is 6.49. The fourth-order valence-electron chi connectivity index (χ4n) is 1.75. The van der Waals surface area contributed by atoms with Gasteiger partial charge in [0.25, 0.3) is 0 Å². The fourth-order valence-corrected chi connectivity index (χ4v) is 1.75. The molecular formula is C17H17N3O. The number of allylic oxidation sites excluding steroid dienone is 1. The van der Waals surface area contributed by atoms with Gasteiger partial charge in [-0.05, 0) is 49.0 Å². The minimum atomic E-state index is 0.416. The lowest BCUT2D eigenvalue weighted by Gasteiger charge is -2.07. The highest BCUT2D eigenvalue weighted by molar-refractivity contribution is 5.70. The van der Waals surface area contributed by atoms with Crippen molar-refractivity contribution in [3.8, 4) is 11.5 Å². The fraction of sp³-hybridized carbons (Fsp3) is 0.0588. The third kappa shape index (κ3) is 4.04. The van der Waals surface area contributed by atoms with E-state index in [-0.39, 0.29) is 0 Å². The maximum atomic E-state index is 5.86. The van der Waals surface area contributed by atoms with Crippen LogP contribution < -0.4 is 10.5 Å². The van der Waals surface area contributed by atoms with Crippen LogP contribution in [0.1, 0.15) is 12.5 Å². The molecule has 2 N–H and O–H groups in total. The Morgan fingerprint density at radius 1 is 1.05 bits per heavy atom. The van der Waals surface area contributed by atoms with Crippen LogP contribution in [0.4, 0.5) is 0 Å². The van der Waals surface area contributed by atoms with Crippen molar-refractivity contribution in [2.45, 2.75) is 6.92 Å². The Kier molecular flexibility index (Phi) is 4.88. The third-order valence-electron chi connectivity index (χ3n) is 2.93.